The Hall–Kier alpha value is -3.41. The Labute approximate surface area is 212 Å². The monoisotopic (exact) mass is 483 g/mol. The number of imidazole rings is 1. The molecule has 36 heavy (non-hydrogen) atoms. The molecule has 1 heterocycles. The molecule has 7 rings (SSSR count). The van der Waals surface area contributed by atoms with E-state index >= 15 is 0 Å². The van der Waals surface area contributed by atoms with E-state index in [9.17, 15) is 9.59 Å². The number of carbonyl (C=O) groups is 2. The molecule has 2 aromatic carbocycles. The van der Waals surface area contributed by atoms with Crippen LogP contribution in [0.1, 0.15) is 38.5 Å². The second-order valence-electron chi connectivity index (χ2n) is 11.0. The second kappa shape index (κ2) is 9.57. The number of benzene rings is 2. The minimum atomic E-state index is -0.256. The van der Waals surface area contributed by atoms with E-state index in [2.05, 4.69) is 10.3 Å². The second-order valence-corrected chi connectivity index (χ2v) is 11.0. The van der Waals surface area contributed by atoms with Gasteiger partial charge in [0.1, 0.15) is 13.2 Å². The van der Waals surface area contributed by atoms with Crippen molar-refractivity contribution in [1.29, 1.82) is 0 Å². The molecule has 4 bridgehead atoms. The van der Waals surface area contributed by atoms with Crippen LogP contribution in [0.15, 0.2) is 67.0 Å². The average Bonchev–Trinajstić information content (AvgIpc) is 3.30. The Kier molecular flexibility index (Phi) is 6.12. The summed E-state index contributed by atoms with van der Waals surface area (Å²) in [4.78, 5) is 30.5. The van der Waals surface area contributed by atoms with Gasteiger partial charge >= 0.3 is 5.97 Å². The van der Waals surface area contributed by atoms with E-state index < -0.39 is 0 Å². The van der Waals surface area contributed by atoms with Crippen molar-refractivity contribution in [3.63, 3.8) is 0 Å². The summed E-state index contributed by atoms with van der Waals surface area (Å²) in [5, 5.41) is 2.92. The zero-order valence-corrected chi connectivity index (χ0v) is 20.6. The first-order valence-corrected chi connectivity index (χ1v) is 13.2. The van der Waals surface area contributed by atoms with Gasteiger partial charge in [-0.3, -0.25) is 9.59 Å². The molecule has 186 valence electrons. The number of hydrogen-bond acceptors (Lipinski definition) is 4. The van der Waals surface area contributed by atoms with E-state index in [0.717, 1.165) is 41.8 Å². The molecule has 0 spiro atoms. The number of rotatable bonds is 8. The number of esters is 1. The normalized spacial score (nSPS) is 26.1. The van der Waals surface area contributed by atoms with E-state index in [4.69, 9.17) is 4.74 Å². The Balaban J connectivity index is 1.07. The van der Waals surface area contributed by atoms with E-state index in [1.54, 1.807) is 6.33 Å². The van der Waals surface area contributed by atoms with Gasteiger partial charge in [0.2, 0.25) is 5.91 Å². The molecule has 1 amide bonds. The summed E-state index contributed by atoms with van der Waals surface area (Å²) >= 11 is 0. The van der Waals surface area contributed by atoms with E-state index in [1.807, 2.05) is 65.2 Å². The highest BCUT2D eigenvalue weighted by Crippen LogP contribution is 2.60. The highest BCUT2D eigenvalue weighted by atomic mass is 16.5. The maximum atomic E-state index is 13.0. The molecule has 4 fully saturated rings. The number of ether oxygens (including phenoxy) is 1. The molecular formula is C30H33N3O3. The minimum absolute atomic E-state index is 0.0377. The van der Waals surface area contributed by atoms with Crippen molar-refractivity contribution in [2.24, 2.45) is 23.2 Å². The molecule has 3 aromatic rings. The van der Waals surface area contributed by atoms with Crippen molar-refractivity contribution >= 4 is 11.9 Å². The van der Waals surface area contributed by atoms with Gasteiger partial charge in [-0.2, -0.15) is 0 Å². The third kappa shape index (κ3) is 4.45. The lowest BCUT2D eigenvalue weighted by Crippen LogP contribution is -2.50. The number of amides is 1. The van der Waals surface area contributed by atoms with E-state index in [-0.39, 0.29) is 30.4 Å². The predicted octanol–water partition coefficient (Wildman–Crippen LogP) is 5.09. The molecule has 4 saturated carbocycles. The van der Waals surface area contributed by atoms with Crippen LogP contribution in [-0.2, 0) is 20.9 Å². The SMILES string of the molecule is O=C(Cn1cnc(-c2ccccc2)c1-c1ccccc1)NCCOC(=O)C12CC3CC(CC(C3)C1)C2. The molecule has 6 heteroatoms. The number of nitrogens with one attached hydrogen (secondary N) is 1. The van der Waals surface area contributed by atoms with Crippen molar-refractivity contribution in [3.05, 3.63) is 67.0 Å². The minimum Gasteiger partial charge on any atom is -0.463 e. The summed E-state index contributed by atoms with van der Waals surface area (Å²) in [6.07, 6.45) is 8.61. The van der Waals surface area contributed by atoms with Crippen LogP contribution < -0.4 is 5.32 Å². The van der Waals surface area contributed by atoms with Gasteiger partial charge in [0.05, 0.1) is 29.7 Å². The van der Waals surface area contributed by atoms with Crippen molar-refractivity contribution in [1.82, 2.24) is 14.9 Å². The molecule has 6 nitrogen and oxygen atoms in total. The number of nitrogens with zero attached hydrogens (tertiary/aromatic N) is 2. The number of aromatic nitrogens is 2. The topological polar surface area (TPSA) is 73.2 Å². The molecule has 0 radical (unpaired) electrons. The van der Waals surface area contributed by atoms with Crippen molar-refractivity contribution in [2.75, 3.05) is 13.2 Å². The Morgan fingerprint density at radius 1 is 0.889 bits per heavy atom. The average molecular weight is 484 g/mol. The largest absolute Gasteiger partial charge is 0.463 e. The molecule has 0 atom stereocenters. The molecular weight excluding hydrogens is 450 g/mol. The highest BCUT2D eigenvalue weighted by Gasteiger charge is 2.55. The molecule has 1 N–H and O–H groups in total. The molecule has 4 aliphatic carbocycles. The first-order chi connectivity index (χ1) is 17.6. The summed E-state index contributed by atoms with van der Waals surface area (Å²) in [6, 6.07) is 20.0. The summed E-state index contributed by atoms with van der Waals surface area (Å²) in [7, 11) is 0. The van der Waals surface area contributed by atoms with Crippen LogP contribution in [0.25, 0.3) is 22.5 Å². The van der Waals surface area contributed by atoms with Gasteiger partial charge < -0.3 is 14.6 Å². The highest BCUT2D eigenvalue weighted by molar-refractivity contribution is 5.82. The van der Waals surface area contributed by atoms with Crippen LogP contribution in [0.3, 0.4) is 0 Å². The lowest BCUT2D eigenvalue weighted by atomic mass is 9.49. The Morgan fingerprint density at radius 2 is 1.47 bits per heavy atom. The lowest BCUT2D eigenvalue weighted by molar-refractivity contribution is -0.171. The zero-order valence-electron chi connectivity index (χ0n) is 20.6. The number of carbonyl (C=O) groups excluding carboxylic acids is 2. The van der Waals surface area contributed by atoms with Crippen molar-refractivity contribution < 1.29 is 14.3 Å². The maximum Gasteiger partial charge on any atom is 0.312 e. The fraction of sp³-hybridized carbons (Fsp3) is 0.433. The van der Waals surface area contributed by atoms with Crippen molar-refractivity contribution in [2.45, 2.75) is 45.1 Å². The van der Waals surface area contributed by atoms with E-state index in [0.29, 0.717) is 24.3 Å². The third-order valence-corrected chi connectivity index (χ3v) is 8.37. The van der Waals surface area contributed by atoms with Gasteiger partial charge in [0.25, 0.3) is 0 Å². The van der Waals surface area contributed by atoms with E-state index in [1.165, 1.54) is 19.3 Å². The quantitative estimate of drug-likeness (QED) is 0.358. The first kappa shape index (κ1) is 23.0. The predicted molar refractivity (Wildman–Crippen MR) is 138 cm³/mol. The third-order valence-electron chi connectivity index (χ3n) is 8.37. The first-order valence-electron chi connectivity index (χ1n) is 13.2. The fourth-order valence-corrected chi connectivity index (χ4v) is 7.27. The lowest BCUT2D eigenvalue weighted by Gasteiger charge is -2.55. The standard InChI is InChI=1S/C30H33N3O3/c34-26(31-11-12-36-29(35)30-16-21-13-22(17-30)15-23(14-21)18-30)19-33-20-32-27(24-7-3-1-4-8-24)28(33)25-9-5-2-6-10-25/h1-10,20-23H,11-19H2,(H,31,34). The fourth-order valence-electron chi connectivity index (χ4n) is 7.27. The van der Waals surface area contributed by atoms with Crippen LogP contribution in [-0.4, -0.2) is 34.6 Å². The van der Waals surface area contributed by atoms with Gasteiger partial charge in [-0.15, -0.1) is 0 Å². The Morgan fingerprint density at radius 3 is 2.08 bits per heavy atom. The summed E-state index contributed by atoms with van der Waals surface area (Å²) < 4.78 is 7.59. The zero-order chi connectivity index (χ0) is 24.5. The Bertz CT molecular complexity index is 1200. The van der Waals surface area contributed by atoms with Gasteiger partial charge in [-0.25, -0.2) is 4.98 Å². The van der Waals surface area contributed by atoms with Crippen LogP contribution >= 0.6 is 0 Å². The summed E-state index contributed by atoms with van der Waals surface area (Å²) in [5.74, 6) is 1.95. The van der Waals surface area contributed by atoms with Crippen LogP contribution in [0, 0.1) is 23.2 Å². The molecule has 0 unspecified atom stereocenters. The number of hydrogen-bond donors (Lipinski definition) is 1. The van der Waals surface area contributed by atoms with Crippen LogP contribution in [0.2, 0.25) is 0 Å². The van der Waals surface area contributed by atoms with Crippen molar-refractivity contribution in [3.8, 4) is 22.5 Å². The van der Waals surface area contributed by atoms with Crippen LogP contribution in [0.4, 0.5) is 0 Å². The molecule has 0 aliphatic heterocycles. The summed E-state index contributed by atoms with van der Waals surface area (Å²) in [6.45, 7) is 0.682. The molecule has 4 aliphatic rings. The van der Waals surface area contributed by atoms with Crippen LogP contribution in [0.5, 0.6) is 0 Å². The summed E-state index contributed by atoms with van der Waals surface area (Å²) in [5.41, 5.74) is 3.51. The van der Waals surface area contributed by atoms with Gasteiger partial charge in [0.15, 0.2) is 0 Å². The van der Waals surface area contributed by atoms with Gasteiger partial charge in [-0.1, -0.05) is 60.7 Å². The maximum absolute atomic E-state index is 13.0. The molecule has 1 aromatic heterocycles. The molecule has 0 saturated heterocycles. The smallest absolute Gasteiger partial charge is 0.312 e. The van der Waals surface area contributed by atoms with Gasteiger partial charge in [-0.05, 0) is 56.3 Å². The van der Waals surface area contributed by atoms with Gasteiger partial charge in [0, 0.05) is 11.1 Å².